The van der Waals surface area contributed by atoms with Crippen molar-refractivity contribution in [3.05, 3.63) is 22.4 Å². The smallest absolute Gasteiger partial charge is 0.0223 e. The second-order valence-corrected chi connectivity index (χ2v) is 7.33. The van der Waals surface area contributed by atoms with Gasteiger partial charge in [-0.05, 0) is 47.6 Å². The predicted octanol–water partition coefficient (Wildman–Crippen LogP) is 3.78. The number of hydrogen-bond donors (Lipinski definition) is 1. The molecule has 0 aliphatic carbocycles. The summed E-state index contributed by atoms with van der Waals surface area (Å²) in [6.45, 7) is 10.6. The molecule has 1 N–H and O–H groups in total. The van der Waals surface area contributed by atoms with Crippen molar-refractivity contribution in [1.29, 1.82) is 0 Å². The lowest BCUT2D eigenvalue weighted by atomic mass is 9.97. The molecule has 1 aliphatic rings. The Balaban J connectivity index is 1.90. The van der Waals surface area contributed by atoms with Crippen LogP contribution in [0.3, 0.4) is 0 Å². The Morgan fingerprint density at radius 1 is 1.45 bits per heavy atom. The van der Waals surface area contributed by atoms with Gasteiger partial charge in [-0.3, -0.25) is 4.90 Å². The van der Waals surface area contributed by atoms with Gasteiger partial charge in [0.25, 0.3) is 0 Å². The Labute approximate surface area is 128 Å². The minimum absolute atomic E-state index is 0.700. The number of piperazine rings is 1. The molecule has 1 fully saturated rings. The fourth-order valence-corrected chi connectivity index (χ4v) is 3.93. The maximum absolute atomic E-state index is 3.76. The molecule has 0 aromatic carbocycles. The van der Waals surface area contributed by atoms with Crippen LogP contribution in [0.5, 0.6) is 0 Å². The van der Waals surface area contributed by atoms with E-state index in [2.05, 4.69) is 47.8 Å². The van der Waals surface area contributed by atoms with Crippen LogP contribution in [0.15, 0.2) is 16.8 Å². The summed E-state index contributed by atoms with van der Waals surface area (Å²) < 4.78 is 0. The molecule has 0 spiro atoms. The Morgan fingerprint density at radius 3 is 2.95 bits per heavy atom. The third kappa shape index (κ3) is 4.87. The van der Waals surface area contributed by atoms with Gasteiger partial charge < -0.3 is 5.32 Å². The summed E-state index contributed by atoms with van der Waals surface area (Å²) in [6.07, 6.45) is 5.11. The molecule has 0 radical (unpaired) electrons. The molecule has 114 valence electrons. The summed E-state index contributed by atoms with van der Waals surface area (Å²) in [5, 5.41) is 8.25. The van der Waals surface area contributed by atoms with Crippen molar-refractivity contribution in [2.24, 2.45) is 5.92 Å². The number of rotatable bonds is 7. The van der Waals surface area contributed by atoms with Crippen molar-refractivity contribution in [3.63, 3.8) is 0 Å². The van der Waals surface area contributed by atoms with Crippen molar-refractivity contribution < 1.29 is 0 Å². The van der Waals surface area contributed by atoms with Crippen LogP contribution >= 0.6 is 11.3 Å². The maximum Gasteiger partial charge on any atom is 0.0223 e. The average molecular weight is 295 g/mol. The molecule has 2 atom stereocenters. The third-order valence-corrected chi connectivity index (χ3v) is 4.99. The molecule has 2 heterocycles. The van der Waals surface area contributed by atoms with Crippen molar-refractivity contribution >= 4 is 11.3 Å². The van der Waals surface area contributed by atoms with E-state index in [9.17, 15) is 0 Å². The van der Waals surface area contributed by atoms with Crippen LogP contribution in [0.2, 0.25) is 0 Å². The lowest BCUT2D eigenvalue weighted by Crippen LogP contribution is -2.57. The number of nitrogens with one attached hydrogen (secondary N) is 1. The summed E-state index contributed by atoms with van der Waals surface area (Å²) in [5.74, 6) is 0.785. The van der Waals surface area contributed by atoms with Crippen LogP contribution in [0.1, 0.15) is 45.6 Å². The zero-order valence-corrected chi connectivity index (χ0v) is 14.1. The summed E-state index contributed by atoms with van der Waals surface area (Å²) >= 11 is 1.82. The Bertz CT molecular complexity index is 361. The monoisotopic (exact) mass is 294 g/mol. The fraction of sp³-hybridized carbons (Fsp3) is 0.765. The highest BCUT2D eigenvalue weighted by Gasteiger charge is 2.27. The van der Waals surface area contributed by atoms with E-state index in [1.807, 2.05) is 11.3 Å². The zero-order valence-electron chi connectivity index (χ0n) is 13.3. The van der Waals surface area contributed by atoms with E-state index in [0.717, 1.165) is 12.0 Å². The van der Waals surface area contributed by atoms with Crippen LogP contribution in [-0.4, -0.2) is 36.6 Å². The van der Waals surface area contributed by atoms with Gasteiger partial charge in [0, 0.05) is 31.7 Å². The molecule has 2 rings (SSSR count). The van der Waals surface area contributed by atoms with Gasteiger partial charge >= 0.3 is 0 Å². The van der Waals surface area contributed by atoms with Crippen LogP contribution in [-0.2, 0) is 6.42 Å². The first-order valence-corrected chi connectivity index (χ1v) is 9.11. The quantitative estimate of drug-likeness (QED) is 0.823. The minimum Gasteiger partial charge on any atom is -0.311 e. The lowest BCUT2D eigenvalue weighted by Gasteiger charge is -2.41. The van der Waals surface area contributed by atoms with Gasteiger partial charge in [-0.1, -0.05) is 27.2 Å². The molecule has 1 aromatic heterocycles. The van der Waals surface area contributed by atoms with Crippen LogP contribution in [0, 0.1) is 5.92 Å². The number of hydrogen-bond acceptors (Lipinski definition) is 3. The standard InChI is InChI=1S/C17H30N2S/c1-4-5-16-12-19(8-6-15-7-9-20-13-15)17(11-18-16)10-14(2)3/h7,9,13-14,16-18H,4-6,8,10-12H2,1-3H3. The van der Waals surface area contributed by atoms with Gasteiger partial charge in [-0.25, -0.2) is 0 Å². The third-order valence-electron chi connectivity index (χ3n) is 4.26. The molecule has 1 saturated heterocycles. The van der Waals surface area contributed by atoms with Gasteiger partial charge in [0.2, 0.25) is 0 Å². The molecule has 3 heteroatoms. The molecule has 20 heavy (non-hydrogen) atoms. The van der Waals surface area contributed by atoms with Gasteiger partial charge in [0.05, 0.1) is 0 Å². The molecule has 0 amide bonds. The molecule has 2 nitrogen and oxygen atoms in total. The highest BCUT2D eigenvalue weighted by atomic mass is 32.1. The Kier molecular flexibility index (Phi) is 6.53. The zero-order chi connectivity index (χ0) is 14.4. The Hall–Kier alpha value is -0.380. The molecule has 1 aliphatic heterocycles. The fourth-order valence-electron chi connectivity index (χ4n) is 3.23. The topological polar surface area (TPSA) is 15.3 Å². The van der Waals surface area contributed by atoms with Crippen molar-refractivity contribution in [2.75, 3.05) is 19.6 Å². The SMILES string of the molecule is CCCC1CN(CCc2ccsc2)C(CC(C)C)CN1. The molecule has 0 saturated carbocycles. The van der Waals surface area contributed by atoms with Gasteiger partial charge in [0.1, 0.15) is 0 Å². The predicted molar refractivity (Wildman–Crippen MR) is 89.5 cm³/mol. The van der Waals surface area contributed by atoms with E-state index in [1.165, 1.54) is 50.9 Å². The average Bonchev–Trinajstić information content (AvgIpc) is 2.92. The number of thiophene rings is 1. The molecule has 0 bridgehead atoms. The van der Waals surface area contributed by atoms with Crippen molar-refractivity contribution in [1.82, 2.24) is 10.2 Å². The molecule has 2 unspecified atom stereocenters. The highest BCUT2D eigenvalue weighted by Crippen LogP contribution is 2.18. The lowest BCUT2D eigenvalue weighted by molar-refractivity contribution is 0.112. The van der Waals surface area contributed by atoms with Crippen LogP contribution < -0.4 is 5.32 Å². The van der Waals surface area contributed by atoms with E-state index >= 15 is 0 Å². The van der Waals surface area contributed by atoms with E-state index in [-0.39, 0.29) is 0 Å². The van der Waals surface area contributed by atoms with Crippen LogP contribution in [0.4, 0.5) is 0 Å². The van der Waals surface area contributed by atoms with Gasteiger partial charge in [-0.15, -0.1) is 0 Å². The van der Waals surface area contributed by atoms with E-state index < -0.39 is 0 Å². The summed E-state index contributed by atoms with van der Waals surface area (Å²) in [7, 11) is 0. The molecular weight excluding hydrogens is 264 g/mol. The van der Waals surface area contributed by atoms with E-state index in [4.69, 9.17) is 0 Å². The first-order chi connectivity index (χ1) is 9.69. The Morgan fingerprint density at radius 2 is 2.30 bits per heavy atom. The van der Waals surface area contributed by atoms with E-state index in [1.54, 1.807) is 0 Å². The summed E-state index contributed by atoms with van der Waals surface area (Å²) in [5.41, 5.74) is 1.50. The van der Waals surface area contributed by atoms with Crippen molar-refractivity contribution in [2.45, 2.75) is 58.5 Å². The maximum atomic E-state index is 3.76. The van der Waals surface area contributed by atoms with Gasteiger partial charge in [0.15, 0.2) is 0 Å². The summed E-state index contributed by atoms with van der Waals surface area (Å²) in [4.78, 5) is 2.74. The second-order valence-electron chi connectivity index (χ2n) is 6.55. The second kappa shape index (κ2) is 8.16. The number of nitrogens with zero attached hydrogens (tertiary/aromatic N) is 1. The highest BCUT2D eigenvalue weighted by molar-refractivity contribution is 7.07. The molecule has 1 aromatic rings. The minimum atomic E-state index is 0.700. The molecular formula is C17H30N2S. The van der Waals surface area contributed by atoms with Crippen LogP contribution in [0.25, 0.3) is 0 Å². The largest absolute Gasteiger partial charge is 0.311 e. The summed E-state index contributed by atoms with van der Waals surface area (Å²) in [6, 6.07) is 3.70. The first kappa shape index (κ1) is 16.0. The normalized spacial score (nSPS) is 24.4. The van der Waals surface area contributed by atoms with Gasteiger partial charge in [-0.2, -0.15) is 11.3 Å². The van der Waals surface area contributed by atoms with E-state index in [0.29, 0.717) is 6.04 Å². The van der Waals surface area contributed by atoms with Crippen molar-refractivity contribution in [3.8, 4) is 0 Å². The first-order valence-electron chi connectivity index (χ1n) is 8.17.